The highest BCUT2D eigenvalue weighted by Crippen LogP contribution is 2.17. The van der Waals surface area contributed by atoms with Crippen molar-refractivity contribution in [3.05, 3.63) is 57.3 Å². The normalized spacial score (nSPS) is 9.81. The fraction of sp³-hybridized carbons (Fsp3) is 0.235. The highest BCUT2D eigenvalue weighted by atomic mass is 32.1. The van der Waals surface area contributed by atoms with Crippen LogP contribution >= 0.6 is 11.3 Å². The van der Waals surface area contributed by atoms with Crippen LogP contribution in [0.15, 0.2) is 35.7 Å². The number of hydrogen-bond acceptors (Lipinski definition) is 3. The fourth-order valence-electron chi connectivity index (χ4n) is 1.96. The third-order valence-electron chi connectivity index (χ3n) is 3.11. The van der Waals surface area contributed by atoms with Gasteiger partial charge in [-0.1, -0.05) is 18.8 Å². The number of nitrogens with one attached hydrogen (secondary N) is 1. The minimum atomic E-state index is -0.0659. The van der Waals surface area contributed by atoms with E-state index in [9.17, 15) is 4.79 Å². The zero-order valence-electron chi connectivity index (χ0n) is 12.0. The summed E-state index contributed by atoms with van der Waals surface area (Å²) in [6, 6.07) is 9.34. The molecule has 3 N–H and O–H groups in total. The first-order chi connectivity index (χ1) is 10.2. The van der Waals surface area contributed by atoms with Crippen molar-refractivity contribution in [1.82, 2.24) is 5.32 Å². The Labute approximate surface area is 129 Å². The molecule has 21 heavy (non-hydrogen) atoms. The highest BCUT2D eigenvalue weighted by Gasteiger charge is 2.07. The molecule has 0 saturated carbocycles. The van der Waals surface area contributed by atoms with E-state index >= 15 is 0 Å². The molecule has 2 aromatic rings. The van der Waals surface area contributed by atoms with Crippen molar-refractivity contribution in [3.8, 4) is 11.8 Å². The summed E-state index contributed by atoms with van der Waals surface area (Å²) in [7, 11) is 0. The van der Waals surface area contributed by atoms with E-state index in [2.05, 4.69) is 35.5 Å². The molecule has 0 bridgehead atoms. The molecule has 108 valence electrons. The van der Waals surface area contributed by atoms with Gasteiger partial charge in [0.05, 0.1) is 13.1 Å². The zero-order chi connectivity index (χ0) is 15.1. The van der Waals surface area contributed by atoms with Crippen LogP contribution in [0, 0.1) is 11.8 Å². The number of nitrogens with two attached hydrogens (primary N) is 1. The topological polar surface area (TPSA) is 55.1 Å². The van der Waals surface area contributed by atoms with E-state index in [1.807, 2.05) is 12.1 Å². The number of rotatable bonds is 4. The molecule has 0 atom stereocenters. The van der Waals surface area contributed by atoms with E-state index < -0.39 is 0 Å². The molecule has 0 aliphatic heterocycles. The van der Waals surface area contributed by atoms with Crippen molar-refractivity contribution in [2.24, 2.45) is 5.73 Å². The Bertz CT molecular complexity index is 662. The Hall–Kier alpha value is -2.09. The molecule has 0 spiro atoms. The third-order valence-corrected chi connectivity index (χ3v) is 4.07. The van der Waals surface area contributed by atoms with Crippen molar-refractivity contribution in [2.75, 3.05) is 6.54 Å². The van der Waals surface area contributed by atoms with Crippen LogP contribution in [0.2, 0.25) is 0 Å². The van der Waals surface area contributed by atoms with Gasteiger partial charge in [0.15, 0.2) is 0 Å². The summed E-state index contributed by atoms with van der Waals surface area (Å²) in [6.07, 6.45) is 0.989. The number of carbonyl (C=O) groups is 1. The Morgan fingerprint density at radius 1 is 1.29 bits per heavy atom. The molecule has 1 heterocycles. The lowest BCUT2D eigenvalue weighted by atomic mass is 10.1. The lowest BCUT2D eigenvalue weighted by Gasteiger charge is -2.05. The Morgan fingerprint density at radius 3 is 2.71 bits per heavy atom. The summed E-state index contributed by atoms with van der Waals surface area (Å²) >= 11 is 1.68. The summed E-state index contributed by atoms with van der Waals surface area (Å²) in [4.78, 5) is 13.3. The van der Waals surface area contributed by atoms with Gasteiger partial charge in [-0.2, -0.15) is 0 Å². The lowest BCUT2D eigenvalue weighted by Crippen LogP contribution is -2.22. The predicted octanol–water partition coefficient (Wildman–Crippen LogP) is 2.55. The second-order valence-corrected chi connectivity index (χ2v) is 5.49. The monoisotopic (exact) mass is 298 g/mol. The molecule has 0 saturated heterocycles. The average Bonchev–Trinajstić information content (AvgIpc) is 2.98. The van der Waals surface area contributed by atoms with Crippen molar-refractivity contribution < 1.29 is 4.79 Å². The number of hydrogen-bond donors (Lipinski definition) is 2. The van der Waals surface area contributed by atoms with Crippen molar-refractivity contribution in [2.45, 2.75) is 19.9 Å². The molecule has 1 aromatic heterocycles. The van der Waals surface area contributed by atoms with E-state index in [0.717, 1.165) is 12.0 Å². The van der Waals surface area contributed by atoms with Crippen LogP contribution in [-0.4, -0.2) is 12.5 Å². The van der Waals surface area contributed by atoms with Crippen LogP contribution in [-0.2, 0) is 13.0 Å². The summed E-state index contributed by atoms with van der Waals surface area (Å²) in [5.41, 5.74) is 8.13. The minimum Gasteiger partial charge on any atom is -0.347 e. The van der Waals surface area contributed by atoms with Crippen LogP contribution in [0.4, 0.5) is 0 Å². The smallest absolute Gasteiger partial charge is 0.251 e. The summed E-state index contributed by atoms with van der Waals surface area (Å²) < 4.78 is 0. The number of benzene rings is 1. The largest absolute Gasteiger partial charge is 0.347 e. The maximum absolute atomic E-state index is 12.1. The summed E-state index contributed by atoms with van der Waals surface area (Å²) in [6.45, 7) is 3.03. The average molecular weight is 298 g/mol. The number of thiophene rings is 1. The molecule has 1 aromatic carbocycles. The molecule has 0 fully saturated rings. The van der Waals surface area contributed by atoms with Gasteiger partial charge in [-0.05, 0) is 47.7 Å². The van der Waals surface area contributed by atoms with Gasteiger partial charge in [0.25, 0.3) is 5.91 Å². The zero-order valence-corrected chi connectivity index (χ0v) is 12.8. The van der Waals surface area contributed by atoms with Crippen molar-refractivity contribution in [1.29, 1.82) is 0 Å². The first kappa shape index (κ1) is 15.3. The van der Waals surface area contributed by atoms with E-state index in [-0.39, 0.29) is 5.91 Å². The number of amides is 1. The van der Waals surface area contributed by atoms with E-state index in [4.69, 9.17) is 5.73 Å². The quantitative estimate of drug-likeness (QED) is 0.852. The Morgan fingerprint density at radius 2 is 2.05 bits per heavy atom. The van der Waals surface area contributed by atoms with E-state index in [1.165, 1.54) is 10.4 Å². The lowest BCUT2D eigenvalue weighted by molar-refractivity contribution is 0.0951. The Kier molecular flexibility index (Phi) is 5.56. The van der Waals surface area contributed by atoms with Crippen LogP contribution < -0.4 is 11.1 Å². The third kappa shape index (κ3) is 4.19. The predicted molar refractivity (Wildman–Crippen MR) is 87.2 cm³/mol. The maximum Gasteiger partial charge on any atom is 0.251 e. The van der Waals surface area contributed by atoms with Gasteiger partial charge in [0, 0.05) is 16.0 Å². The van der Waals surface area contributed by atoms with Crippen molar-refractivity contribution in [3.63, 3.8) is 0 Å². The highest BCUT2D eigenvalue weighted by molar-refractivity contribution is 7.10. The molecule has 0 aliphatic carbocycles. The van der Waals surface area contributed by atoms with Crippen LogP contribution in [0.3, 0.4) is 0 Å². The molecule has 3 nitrogen and oxygen atoms in total. The SMILES string of the molecule is CCc1ccsc1CNC(=O)c1ccc(C#CCN)cc1. The van der Waals surface area contributed by atoms with Gasteiger partial charge in [-0.3, -0.25) is 4.79 Å². The first-order valence-electron chi connectivity index (χ1n) is 6.87. The molecule has 1 amide bonds. The van der Waals surface area contributed by atoms with Crippen LogP contribution in [0.25, 0.3) is 0 Å². The standard InChI is InChI=1S/C17H18N2OS/c1-2-14-9-11-21-16(14)12-19-17(20)15-7-5-13(6-8-15)4-3-10-18/h5-9,11H,2,10,12,18H2,1H3,(H,19,20). The molecular formula is C17H18N2OS. The van der Waals surface area contributed by atoms with Crippen LogP contribution in [0.1, 0.15) is 33.3 Å². The first-order valence-corrected chi connectivity index (χ1v) is 7.75. The molecular weight excluding hydrogens is 280 g/mol. The van der Waals surface area contributed by atoms with Gasteiger partial charge in [0.1, 0.15) is 0 Å². The van der Waals surface area contributed by atoms with Crippen LogP contribution in [0.5, 0.6) is 0 Å². The van der Waals surface area contributed by atoms with E-state index in [1.54, 1.807) is 23.5 Å². The second kappa shape index (κ2) is 7.63. The minimum absolute atomic E-state index is 0.0659. The van der Waals surface area contributed by atoms with Crippen molar-refractivity contribution >= 4 is 17.2 Å². The number of aryl methyl sites for hydroxylation is 1. The maximum atomic E-state index is 12.1. The van der Waals surface area contributed by atoms with Gasteiger partial charge in [-0.15, -0.1) is 11.3 Å². The summed E-state index contributed by atoms with van der Waals surface area (Å²) in [5, 5.41) is 5.01. The Balaban J connectivity index is 1.97. The molecule has 0 radical (unpaired) electrons. The van der Waals surface area contributed by atoms with Gasteiger partial charge >= 0.3 is 0 Å². The van der Waals surface area contributed by atoms with Gasteiger partial charge in [-0.25, -0.2) is 0 Å². The van der Waals surface area contributed by atoms with Gasteiger partial charge in [0.2, 0.25) is 0 Å². The summed E-state index contributed by atoms with van der Waals surface area (Å²) in [5.74, 6) is 5.66. The molecule has 2 rings (SSSR count). The molecule has 4 heteroatoms. The molecule has 0 unspecified atom stereocenters. The molecule has 0 aliphatic rings. The fourth-order valence-corrected chi connectivity index (χ4v) is 2.87. The second-order valence-electron chi connectivity index (χ2n) is 4.49. The van der Waals surface area contributed by atoms with E-state index in [0.29, 0.717) is 18.7 Å². The van der Waals surface area contributed by atoms with Gasteiger partial charge < -0.3 is 11.1 Å². The number of carbonyl (C=O) groups excluding carboxylic acids is 1.